The van der Waals surface area contributed by atoms with Crippen LogP contribution in [-0.4, -0.2) is 61.8 Å². The molecule has 0 aliphatic heterocycles. The van der Waals surface area contributed by atoms with Crippen LogP contribution >= 0.6 is 11.3 Å². The first kappa shape index (κ1) is 25.9. The lowest BCUT2D eigenvalue weighted by Crippen LogP contribution is -2.22. The van der Waals surface area contributed by atoms with E-state index in [0.29, 0.717) is 12.6 Å². The van der Waals surface area contributed by atoms with Gasteiger partial charge in [-0.1, -0.05) is 43.8 Å². The highest BCUT2D eigenvalue weighted by Gasteiger charge is 2.23. The number of nitrogens with zero attached hydrogens (tertiary/aromatic N) is 4. The van der Waals surface area contributed by atoms with E-state index < -0.39 is 8.07 Å². The summed E-state index contributed by atoms with van der Waals surface area (Å²) in [7, 11) is 0.592. The molecule has 1 saturated carbocycles. The monoisotopic (exact) mass is 514 g/mol. The van der Waals surface area contributed by atoms with Crippen LogP contribution < -0.4 is 10.6 Å². The molecule has 10 heteroatoms. The molecule has 0 amide bonds. The van der Waals surface area contributed by atoms with Crippen LogP contribution in [0.2, 0.25) is 25.7 Å². The number of ether oxygens (including phenoxy) is 2. The van der Waals surface area contributed by atoms with Crippen molar-refractivity contribution in [2.45, 2.75) is 63.7 Å². The van der Waals surface area contributed by atoms with Gasteiger partial charge in [0.1, 0.15) is 17.6 Å². The summed E-state index contributed by atoms with van der Waals surface area (Å²) in [6.07, 6.45) is 7.78. The lowest BCUT2D eigenvalue weighted by atomic mass is 10.1. The number of hydrogen-bond acceptors (Lipinski definition) is 9. The fourth-order valence-corrected chi connectivity index (χ4v) is 5.93. The molecule has 0 spiro atoms. The van der Waals surface area contributed by atoms with Crippen LogP contribution in [-0.2, 0) is 9.47 Å². The van der Waals surface area contributed by atoms with Crippen molar-refractivity contribution < 1.29 is 9.47 Å². The first-order valence-electron chi connectivity index (χ1n) is 12.6. The molecular weight excluding hydrogens is 476 g/mol. The number of hydrogen-bond donors (Lipinski definition) is 2. The predicted octanol–water partition coefficient (Wildman–Crippen LogP) is 5.98. The molecule has 0 atom stereocenters. The maximum absolute atomic E-state index is 5.91. The molecule has 3 aromatic rings. The van der Waals surface area contributed by atoms with E-state index >= 15 is 0 Å². The summed E-state index contributed by atoms with van der Waals surface area (Å²) >= 11 is 1.68. The van der Waals surface area contributed by atoms with Crippen LogP contribution in [0.4, 0.5) is 11.5 Å². The lowest BCUT2D eigenvalue weighted by molar-refractivity contribution is 0.165. The van der Waals surface area contributed by atoms with Gasteiger partial charge in [-0.2, -0.15) is 0 Å². The van der Waals surface area contributed by atoms with Crippen molar-refractivity contribution in [3.05, 3.63) is 23.3 Å². The van der Waals surface area contributed by atoms with Gasteiger partial charge >= 0.3 is 0 Å². The lowest BCUT2D eigenvalue weighted by Gasteiger charge is -2.16. The molecule has 2 N–H and O–H groups in total. The Balaban J connectivity index is 1.55. The Bertz CT molecular complexity index is 1100. The minimum absolute atomic E-state index is 0.409. The minimum atomic E-state index is -1.13. The number of fused-ring (bicyclic) bond motifs is 1. The molecule has 0 radical (unpaired) electrons. The van der Waals surface area contributed by atoms with Crippen molar-refractivity contribution in [1.29, 1.82) is 0 Å². The Morgan fingerprint density at radius 3 is 2.66 bits per heavy atom. The molecule has 1 aliphatic carbocycles. The van der Waals surface area contributed by atoms with Crippen molar-refractivity contribution in [2.75, 3.05) is 44.2 Å². The molecule has 0 aromatic carbocycles. The van der Waals surface area contributed by atoms with Crippen LogP contribution in [0.5, 0.6) is 0 Å². The van der Waals surface area contributed by atoms with E-state index in [4.69, 9.17) is 14.5 Å². The van der Waals surface area contributed by atoms with Gasteiger partial charge in [-0.15, -0.1) is 10.2 Å². The maximum atomic E-state index is 5.91. The number of rotatable bonds is 13. The molecule has 0 unspecified atom stereocenters. The predicted molar refractivity (Wildman–Crippen MR) is 147 cm³/mol. The SMILES string of the molecule is COCCCNc1cnc2cc(-c3nnc(C4CCCC4)s3)c(NCOCC[Si](C)(C)C)nc2c1. The number of anilines is 2. The van der Waals surface area contributed by atoms with Gasteiger partial charge < -0.3 is 20.1 Å². The number of methoxy groups -OCH3 is 1. The van der Waals surface area contributed by atoms with E-state index in [1.807, 2.05) is 12.3 Å². The Labute approximate surface area is 213 Å². The number of nitrogens with one attached hydrogen (secondary N) is 2. The minimum Gasteiger partial charge on any atom is -0.385 e. The van der Waals surface area contributed by atoms with Gasteiger partial charge in [0.05, 0.1) is 28.5 Å². The molecule has 3 heterocycles. The normalized spacial score (nSPS) is 14.6. The molecule has 8 nitrogen and oxygen atoms in total. The highest BCUT2D eigenvalue weighted by molar-refractivity contribution is 7.14. The Kier molecular flexibility index (Phi) is 9.04. The summed E-state index contributed by atoms with van der Waals surface area (Å²) in [5.74, 6) is 1.30. The second-order valence-corrected chi connectivity index (χ2v) is 17.0. The van der Waals surface area contributed by atoms with Crippen LogP contribution in [0, 0.1) is 0 Å². The zero-order chi connectivity index (χ0) is 24.7. The first-order chi connectivity index (χ1) is 16.9. The number of pyridine rings is 2. The Hall–Kier alpha value is -2.14. The van der Waals surface area contributed by atoms with Crippen LogP contribution in [0.3, 0.4) is 0 Å². The molecule has 3 aromatic heterocycles. The van der Waals surface area contributed by atoms with Crippen molar-refractivity contribution in [3.8, 4) is 10.6 Å². The highest BCUT2D eigenvalue weighted by atomic mass is 32.1. The molecule has 1 fully saturated rings. The third kappa shape index (κ3) is 7.42. The second kappa shape index (κ2) is 12.2. The summed E-state index contributed by atoms with van der Waals surface area (Å²) in [5.41, 5.74) is 3.55. The van der Waals surface area contributed by atoms with Gasteiger partial charge in [0, 0.05) is 40.9 Å². The fourth-order valence-electron chi connectivity index (χ4n) is 4.14. The number of aromatic nitrogens is 4. The van der Waals surface area contributed by atoms with Gasteiger partial charge in [0.25, 0.3) is 0 Å². The summed E-state index contributed by atoms with van der Waals surface area (Å²) < 4.78 is 11.0. The van der Waals surface area contributed by atoms with E-state index in [0.717, 1.165) is 70.3 Å². The van der Waals surface area contributed by atoms with E-state index in [9.17, 15) is 0 Å². The topological polar surface area (TPSA) is 94.1 Å². The standard InChI is InChI=1S/C25H38N6O2SSi/c1-32-11-7-10-26-19-14-22-21(27-16-19)15-20(23(29-22)28-17-33-12-13-35(2,3)4)25-31-30-24(34-25)18-8-5-6-9-18/h14-16,18,26H,5-13,17H2,1-4H3,(H,28,29). The molecule has 0 bridgehead atoms. The van der Waals surface area contributed by atoms with E-state index in [-0.39, 0.29) is 0 Å². The molecular formula is C25H38N6O2SSi. The fraction of sp³-hybridized carbons (Fsp3) is 0.600. The first-order valence-corrected chi connectivity index (χ1v) is 17.1. The van der Waals surface area contributed by atoms with Crippen LogP contribution in [0.1, 0.15) is 43.0 Å². The van der Waals surface area contributed by atoms with E-state index in [1.165, 1.54) is 25.7 Å². The average Bonchev–Trinajstić information content (AvgIpc) is 3.52. The van der Waals surface area contributed by atoms with Crippen molar-refractivity contribution in [3.63, 3.8) is 0 Å². The summed E-state index contributed by atoms with van der Waals surface area (Å²) in [4.78, 5) is 9.61. The van der Waals surface area contributed by atoms with Crippen LogP contribution in [0.15, 0.2) is 18.3 Å². The van der Waals surface area contributed by atoms with E-state index in [2.05, 4.69) is 51.5 Å². The molecule has 1 aliphatic rings. The van der Waals surface area contributed by atoms with Gasteiger partial charge in [-0.3, -0.25) is 4.98 Å². The quantitative estimate of drug-likeness (QED) is 0.163. The van der Waals surface area contributed by atoms with Gasteiger partial charge in [-0.05, 0) is 37.4 Å². The van der Waals surface area contributed by atoms with Crippen molar-refractivity contribution in [1.82, 2.24) is 20.2 Å². The summed E-state index contributed by atoms with van der Waals surface area (Å²) in [6, 6.07) is 5.25. The van der Waals surface area contributed by atoms with E-state index in [1.54, 1.807) is 18.4 Å². The Morgan fingerprint density at radius 1 is 1.06 bits per heavy atom. The maximum Gasteiger partial charge on any atom is 0.151 e. The third-order valence-corrected chi connectivity index (χ3v) is 9.06. The molecule has 190 valence electrons. The highest BCUT2D eigenvalue weighted by Crippen LogP contribution is 2.39. The van der Waals surface area contributed by atoms with Gasteiger partial charge in [0.2, 0.25) is 0 Å². The zero-order valence-corrected chi connectivity index (χ0v) is 23.2. The molecule has 0 saturated heterocycles. The average molecular weight is 515 g/mol. The molecule has 35 heavy (non-hydrogen) atoms. The molecule has 4 rings (SSSR count). The van der Waals surface area contributed by atoms with Crippen molar-refractivity contribution in [2.24, 2.45) is 0 Å². The summed E-state index contributed by atoms with van der Waals surface area (Å²) in [6.45, 7) is 9.80. The third-order valence-electron chi connectivity index (χ3n) is 6.23. The Morgan fingerprint density at radius 2 is 1.89 bits per heavy atom. The second-order valence-electron chi connectivity index (χ2n) is 10.4. The van der Waals surface area contributed by atoms with Gasteiger partial charge in [-0.25, -0.2) is 4.98 Å². The zero-order valence-electron chi connectivity index (χ0n) is 21.4. The van der Waals surface area contributed by atoms with Crippen molar-refractivity contribution >= 4 is 41.9 Å². The van der Waals surface area contributed by atoms with Gasteiger partial charge in [0.15, 0.2) is 5.01 Å². The summed E-state index contributed by atoms with van der Waals surface area (Å²) in [5, 5.41) is 17.9. The smallest absolute Gasteiger partial charge is 0.151 e. The van der Waals surface area contributed by atoms with Crippen LogP contribution in [0.25, 0.3) is 21.6 Å². The largest absolute Gasteiger partial charge is 0.385 e.